The first-order valence-electron chi connectivity index (χ1n) is 6.57. The summed E-state index contributed by atoms with van der Waals surface area (Å²) in [6, 6.07) is 6.59. The van der Waals surface area contributed by atoms with E-state index in [9.17, 15) is 0 Å². The summed E-state index contributed by atoms with van der Waals surface area (Å²) >= 11 is 0. The van der Waals surface area contributed by atoms with Gasteiger partial charge in [-0.1, -0.05) is 13.0 Å². The molecule has 3 nitrogen and oxygen atoms in total. The van der Waals surface area contributed by atoms with Crippen molar-refractivity contribution in [1.82, 2.24) is 14.9 Å². The molecule has 96 valence electrons. The van der Waals surface area contributed by atoms with Gasteiger partial charge in [-0.3, -0.25) is 4.98 Å². The van der Waals surface area contributed by atoms with E-state index in [-0.39, 0.29) is 0 Å². The molecule has 0 saturated heterocycles. The van der Waals surface area contributed by atoms with Crippen molar-refractivity contribution in [3.05, 3.63) is 54.1 Å². The van der Waals surface area contributed by atoms with Crippen molar-refractivity contribution in [2.45, 2.75) is 39.4 Å². The van der Waals surface area contributed by atoms with Crippen LogP contribution in [-0.4, -0.2) is 9.55 Å². The lowest BCUT2D eigenvalue weighted by atomic mass is 10.1. The quantitative estimate of drug-likeness (QED) is 0.844. The van der Waals surface area contributed by atoms with Gasteiger partial charge in [0.1, 0.15) is 0 Å². The van der Waals surface area contributed by atoms with Crippen LogP contribution in [0.1, 0.15) is 37.4 Å². The van der Waals surface area contributed by atoms with Gasteiger partial charge in [-0.05, 0) is 36.6 Å². The number of aromatic nitrogens is 2. The first-order valence-corrected chi connectivity index (χ1v) is 6.57. The van der Waals surface area contributed by atoms with E-state index in [1.165, 1.54) is 17.5 Å². The number of aryl methyl sites for hydroxylation is 1. The zero-order valence-corrected chi connectivity index (χ0v) is 11.1. The predicted octanol–water partition coefficient (Wildman–Crippen LogP) is 3.14. The average molecular weight is 243 g/mol. The summed E-state index contributed by atoms with van der Waals surface area (Å²) in [6.07, 6.45) is 9.26. The van der Waals surface area contributed by atoms with Crippen LogP contribution in [0, 0.1) is 0 Å². The van der Waals surface area contributed by atoms with E-state index < -0.39 is 0 Å². The van der Waals surface area contributed by atoms with Crippen molar-refractivity contribution in [3.8, 4) is 0 Å². The standard InChI is InChI=1S/C15H21N3/c1-3-8-18-9-6-14(12-18)10-17-13(2)15-5-4-7-16-11-15/h4-7,9,11-13,17H,3,8,10H2,1-2H3/t13-/m1/s1. The van der Waals surface area contributed by atoms with E-state index >= 15 is 0 Å². The molecule has 1 atom stereocenters. The van der Waals surface area contributed by atoms with E-state index in [2.05, 4.69) is 53.2 Å². The fourth-order valence-corrected chi connectivity index (χ4v) is 2.01. The average Bonchev–Trinajstić information content (AvgIpc) is 2.85. The molecule has 0 aromatic carbocycles. The molecule has 0 saturated carbocycles. The fraction of sp³-hybridized carbons (Fsp3) is 0.400. The second-order valence-electron chi connectivity index (χ2n) is 4.65. The number of hydrogen-bond acceptors (Lipinski definition) is 2. The summed E-state index contributed by atoms with van der Waals surface area (Å²) in [6.45, 7) is 6.35. The summed E-state index contributed by atoms with van der Waals surface area (Å²) in [5.74, 6) is 0. The Kier molecular flexibility index (Phi) is 4.53. The topological polar surface area (TPSA) is 29.9 Å². The van der Waals surface area contributed by atoms with Crippen LogP contribution in [0.25, 0.3) is 0 Å². The minimum atomic E-state index is 0.327. The Balaban J connectivity index is 1.87. The van der Waals surface area contributed by atoms with E-state index in [4.69, 9.17) is 0 Å². The molecule has 0 spiro atoms. The Morgan fingerprint density at radius 2 is 2.28 bits per heavy atom. The molecule has 2 aromatic rings. The molecule has 0 aliphatic carbocycles. The Morgan fingerprint density at radius 1 is 1.39 bits per heavy atom. The number of rotatable bonds is 6. The smallest absolute Gasteiger partial charge is 0.0315 e. The maximum absolute atomic E-state index is 4.15. The SMILES string of the molecule is CCCn1ccc(CN[C@H](C)c2cccnc2)c1. The third kappa shape index (κ3) is 3.44. The minimum Gasteiger partial charge on any atom is -0.354 e. The monoisotopic (exact) mass is 243 g/mol. The normalized spacial score (nSPS) is 12.6. The first kappa shape index (κ1) is 12.8. The summed E-state index contributed by atoms with van der Waals surface area (Å²) < 4.78 is 2.24. The van der Waals surface area contributed by atoms with Crippen LogP contribution in [0.15, 0.2) is 43.0 Å². The van der Waals surface area contributed by atoms with E-state index in [1.54, 1.807) is 6.20 Å². The minimum absolute atomic E-state index is 0.327. The summed E-state index contributed by atoms with van der Waals surface area (Å²) in [7, 11) is 0. The van der Waals surface area contributed by atoms with E-state index in [0.29, 0.717) is 6.04 Å². The van der Waals surface area contributed by atoms with Gasteiger partial charge in [0.2, 0.25) is 0 Å². The van der Waals surface area contributed by atoms with Crippen molar-refractivity contribution in [1.29, 1.82) is 0 Å². The lowest BCUT2D eigenvalue weighted by Crippen LogP contribution is -2.17. The van der Waals surface area contributed by atoms with Gasteiger partial charge in [0, 0.05) is 43.9 Å². The molecule has 1 N–H and O–H groups in total. The van der Waals surface area contributed by atoms with E-state index in [0.717, 1.165) is 13.1 Å². The van der Waals surface area contributed by atoms with Gasteiger partial charge >= 0.3 is 0 Å². The first-order chi connectivity index (χ1) is 8.79. The third-order valence-corrected chi connectivity index (χ3v) is 3.09. The highest BCUT2D eigenvalue weighted by Crippen LogP contribution is 2.11. The van der Waals surface area contributed by atoms with Crippen molar-refractivity contribution < 1.29 is 0 Å². The molecule has 0 fully saturated rings. The van der Waals surface area contributed by atoms with Crippen molar-refractivity contribution >= 4 is 0 Å². The Bertz CT molecular complexity index is 462. The largest absolute Gasteiger partial charge is 0.354 e. The number of nitrogens with one attached hydrogen (secondary N) is 1. The Morgan fingerprint density at radius 3 is 3.00 bits per heavy atom. The van der Waals surface area contributed by atoms with Gasteiger partial charge < -0.3 is 9.88 Å². The second-order valence-corrected chi connectivity index (χ2v) is 4.65. The maximum atomic E-state index is 4.15. The summed E-state index contributed by atoms with van der Waals surface area (Å²) in [5.41, 5.74) is 2.56. The molecule has 3 heteroatoms. The molecule has 0 aliphatic heterocycles. The maximum Gasteiger partial charge on any atom is 0.0315 e. The molecule has 0 bridgehead atoms. The number of pyridine rings is 1. The summed E-state index contributed by atoms with van der Waals surface area (Å²) in [4.78, 5) is 4.15. The Hall–Kier alpha value is -1.61. The van der Waals surface area contributed by atoms with Crippen LogP contribution >= 0.6 is 0 Å². The van der Waals surface area contributed by atoms with Gasteiger partial charge in [-0.2, -0.15) is 0 Å². The van der Waals surface area contributed by atoms with Crippen molar-refractivity contribution in [2.75, 3.05) is 0 Å². The zero-order chi connectivity index (χ0) is 12.8. The van der Waals surface area contributed by atoms with Crippen LogP contribution in [0.2, 0.25) is 0 Å². The van der Waals surface area contributed by atoms with E-state index in [1.807, 2.05) is 12.3 Å². The number of nitrogens with zero attached hydrogens (tertiary/aromatic N) is 2. The fourth-order valence-electron chi connectivity index (χ4n) is 2.01. The number of hydrogen-bond donors (Lipinski definition) is 1. The Labute approximate surface area is 109 Å². The van der Waals surface area contributed by atoms with Crippen molar-refractivity contribution in [2.24, 2.45) is 0 Å². The van der Waals surface area contributed by atoms with Crippen LogP contribution < -0.4 is 5.32 Å². The second kappa shape index (κ2) is 6.36. The van der Waals surface area contributed by atoms with Gasteiger partial charge in [-0.25, -0.2) is 0 Å². The lowest BCUT2D eigenvalue weighted by Gasteiger charge is -2.12. The molecule has 2 aromatic heterocycles. The van der Waals surface area contributed by atoms with Gasteiger partial charge in [-0.15, -0.1) is 0 Å². The highest BCUT2D eigenvalue weighted by atomic mass is 14.9. The molecule has 0 amide bonds. The highest BCUT2D eigenvalue weighted by Gasteiger charge is 2.04. The predicted molar refractivity (Wildman–Crippen MR) is 74.2 cm³/mol. The highest BCUT2D eigenvalue weighted by molar-refractivity contribution is 5.14. The lowest BCUT2D eigenvalue weighted by molar-refractivity contribution is 0.571. The van der Waals surface area contributed by atoms with Crippen molar-refractivity contribution in [3.63, 3.8) is 0 Å². The van der Waals surface area contributed by atoms with Crippen LogP contribution in [0.3, 0.4) is 0 Å². The molecule has 2 heterocycles. The third-order valence-electron chi connectivity index (χ3n) is 3.09. The van der Waals surface area contributed by atoms with Crippen LogP contribution in [0.4, 0.5) is 0 Å². The molecule has 2 rings (SSSR count). The van der Waals surface area contributed by atoms with Crippen LogP contribution in [0.5, 0.6) is 0 Å². The molecule has 0 unspecified atom stereocenters. The molecular formula is C15H21N3. The summed E-state index contributed by atoms with van der Waals surface area (Å²) in [5, 5.41) is 3.52. The molecular weight excluding hydrogens is 222 g/mol. The molecule has 18 heavy (non-hydrogen) atoms. The zero-order valence-electron chi connectivity index (χ0n) is 11.1. The van der Waals surface area contributed by atoms with Gasteiger partial charge in [0.25, 0.3) is 0 Å². The van der Waals surface area contributed by atoms with Crippen LogP contribution in [-0.2, 0) is 13.1 Å². The van der Waals surface area contributed by atoms with Gasteiger partial charge in [0.05, 0.1) is 0 Å². The van der Waals surface area contributed by atoms with Gasteiger partial charge in [0.15, 0.2) is 0 Å². The molecule has 0 aliphatic rings. The molecule has 0 radical (unpaired) electrons.